The van der Waals surface area contributed by atoms with Gasteiger partial charge in [-0.15, -0.1) is 4.33 Å². The maximum absolute atomic E-state index is 11.1. The van der Waals surface area contributed by atoms with Gasteiger partial charge in [0.05, 0.1) is 31.2 Å². The zero-order valence-electron chi connectivity index (χ0n) is 9.32. The molecule has 1 rings (SSSR count). The van der Waals surface area contributed by atoms with Crippen molar-refractivity contribution in [3.05, 3.63) is 12.1 Å². The largest absolute Gasteiger partial charge is 0.495 e. The van der Waals surface area contributed by atoms with Crippen LogP contribution in [0.5, 0.6) is 11.5 Å². The highest BCUT2D eigenvalue weighted by Gasteiger charge is 2.21. The molecule has 0 aliphatic heterocycles. The van der Waals surface area contributed by atoms with Crippen LogP contribution in [0.15, 0.2) is 21.9 Å². The van der Waals surface area contributed by atoms with Crippen molar-refractivity contribution >= 4 is 22.2 Å². The van der Waals surface area contributed by atoms with Gasteiger partial charge in [-0.2, -0.15) is 8.42 Å². The molecule has 0 saturated heterocycles. The summed E-state index contributed by atoms with van der Waals surface area (Å²) in [6, 6.07) is 2.29. The molecule has 0 aromatic heterocycles. The minimum absolute atomic E-state index is 0.0884. The summed E-state index contributed by atoms with van der Waals surface area (Å²) in [6.07, 6.45) is 0. The van der Waals surface area contributed by atoms with Crippen LogP contribution in [0, 0.1) is 0 Å². The van der Waals surface area contributed by atoms with Crippen LogP contribution in [0.1, 0.15) is 0 Å². The fourth-order valence-electron chi connectivity index (χ4n) is 1.16. The monoisotopic (exact) mass is 298 g/mol. The quantitative estimate of drug-likeness (QED) is 0.348. The van der Waals surface area contributed by atoms with Crippen LogP contribution in [-0.4, -0.2) is 32.4 Å². The van der Waals surface area contributed by atoms with Gasteiger partial charge in [-0.05, 0) is 0 Å². The molecule has 102 valence electrons. The molecule has 8 nitrogen and oxygen atoms in total. The fourth-order valence-corrected chi connectivity index (χ4v) is 2.30. The molecular formula is C8H10O8S2. The molecule has 0 fully saturated rings. The third kappa shape index (κ3) is 3.48. The maximum Gasteiger partial charge on any atom is 0.298 e. The van der Waals surface area contributed by atoms with E-state index in [0.29, 0.717) is 12.0 Å². The lowest BCUT2D eigenvalue weighted by molar-refractivity contribution is -0.432. The van der Waals surface area contributed by atoms with Crippen LogP contribution in [0.25, 0.3) is 0 Å². The second-order valence-electron chi connectivity index (χ2n) is 2.85. The Morgan fingerprint density at radius 3 is 2.22 bits per heavy atom. The Hall–Kier alpha value is -1.04. The van der Waals surface area contributed by atoms with Gasteiger partial charge in [-0.25, -0.2) is 5.26 Å². The van der Waals surface area contributed by atoms with Crippen LogP contribution in [0.4, 0.5) is 0 Å². The Balaban J connectivity index is 3.32. The average molecular weight is 298 g/mol. The van der Waals surface area contributed by atoms with E-state index in [0.717, 1.165) is 6.07 Å². The number of benzene rings is 1. The number of hydrogen-bond acceptors (Lipinski definition) is 8. The topological polar surface area (TPSA) is 112 Å². The van der Waals surface area contributed by atoms with Crippen LogP contribution >= 0.6 is 12.0 Å². The molecule has 10 heteroatoms. The molecule has 0 aliphatic rings. The van der Waals surface area contributed by atoms with Gasteiger partial charge in [0.15, 0.2) is 0 Å². The van der Waals surface area contributed by atoms with E-state index in [2.05, 4.69) is 9.37 Å². The second kappa shape index (κ2) is 6.22. The predicted molar refractivity (Wildman–Crippen MR) is 60.0 cm³/mol. The summed E-state index contributed by atoms with van der Waals surface area (Å²) in [4.78, 5) is -0.174. The molecule has 0 spiro atoms. The van der Waals surface area contributed by atoms with Crippen molar-refractivity contribution in [1.82, 2.24) is 0 Å². The zero-order valence-corrected chi connectivity index (χ0v) is 10.9. The minimum Gasteiger partial charge on any atom is -0.495 e. The number of hydrogen-bond donors (Lipinski definition) is 2. The van der Waals surface area contributed by atoms with Crippen LogP contribution in [0.2, 0.25) is 0 Å². The van der Waals surface area contributed by atoms with E-state index in [-0.39, 0.29) is 16.4 Å². The molecule has 2 N–H and O–H groups in total. The second-order valence-corrected chi connectivity index (χ2v) is 4.99. The first-order valence-corrected chi connectivity index (χ1v) is 6.50. The van der Waals surface area contributed by atoms with Gasteiger partial charge in [0.25, 0.3) is 10.1 Å². The molecule has 0 atom stereocenters. The summed E-state index contributed by atoms with van der Waals surface area (Å²) in [6.45, 7) is 0. The Kier molecular flexibility index (Phi) is 5.19. The van der Waals surface area contributed by atoms with E-state index in [9.17, 15) is 8.42 Å². The van der Waals surface area contributed by atoms with Gasteiger partial charge in [0, 0.05) is 12.1 Å². The van der Waals surface area contributed by atoms with E-state index >= 15 is 0 Å². The number of ether oxygens (including phenoxy) is 2. The maximum atomic E-state index is 11.1. The van der Waals surface area contributed by atoms with Gasteiger partial charge in [0.2, 0.25) is 0 Å². The third-order valence-corrected chi connectivity index (χ3v) is 3.38. The van der Waals surface area contributed by atoms with Gasteiger partial charge < -0.3 is 9.47 Å². The van der Waals surface area contributed by atoms with E-state index < -0.39 is 15.0 Å². The first-order chi connectivity index (χ1) is 8.43. The van der Waals surface area contributed by atoms with E-state index in [1.807, 2.05) is 0 Å². The smallest absolute Gasteiger partial charge is 0.298 e. The summed E-state index contributed by atoms with van der Waals surface area (Å²) >= 11 is 0.567. The Bertz CT molecular complexity index is 512. The Labute approximate surface area is 107 Å². The molecule has 0 unspecified atom stereocenters. The zero-order chi connectivity index (χ0) is 13.8. The number of methoxy groups -OCH3 is 2. The lowest BCUT2D eigenvalue weighted by atomic mass is 10.3. The molecular weight excluding hydrogens is 288 g/mol. The van der Waals surface area contributed by atoms with Crippen molar-refractivity contribution in [2.75, 3.05) is 14.2 Å². The van der Waals surface area contributed by atoms with Crippen molar-refractivity contribution in [2.24, 2.45) is 0 Å². The predicted octanol–water partition coefficient (Wildman–Crippen LogP) is 1.38. The molecule has 0 saturated carbocycles. The Morgan fingerprint density at radius 2 is 1.78 bits per heavy atom. The molecule has 1 aromatic rings. The minimum atomic E-state index is -4.45. The molecule has 1 aromatic carbocycles. The molecule has 0 heterocycles. The Morgan fingerprint density at radius 1 is 1.17 bits per heavy atom. The lowest BCUT2D eigenvalue weighted by Gasteiger charge is -2.11. The number of rotatable bonds is 6. The normalized spacial score (nSPS) is 11.3. The fraction of sp³-hybridized carbons (Fsp3) is 0.250. The van der Waals surface area contributed by atoms with Crippen molar-refractivity contribution in [3.63, 3.8) is 0 Å². The molecule has 0 aliphatic carbocycles. The van der Waals surface area contributed by atoms with E-state index in [1.165, 1.54) is 20.3 Å². The van der Waals surface area contributed by atoms with Crippen LogP contribution in [-0.2, 0) is 19.5 Å². The van der Waals surface area contributed by atoms with Crippen LogP contribution < -0.4 is 9.47 Å². The van der Waals surface area contributed by atoms with Crippen molar-refractivity contribution < 1.29 is 37.1 Å². The van der Waals surface area contributed by atoms with Gasteiger partial charge in [-0.3, -0.25) is 4.55 Å². The molecule has 18 heavy (non-hydrogen) atoms. The first-order valence-electron chi connectivity index (χ1n) is 4.32. The summed E-state index contributed by atoms with van der Waals surface area (Å²) in [5.41, 5.74) is 0. The standard InChI is InChI=1S/C8H10O8S2/c1-13-5-4-8(18(10,11)12)6(14-2)3-7(5)17-16-15-9/h3-4,9H,1-2H3,(H,10,11,12). The summed E-state index contributed by atoms with van der Waals surface area (Å²) in [7, 11) is -1.93. The van der Waals surface area contributed by atoms with Crippen molar-refractivity contribution in [2.45, 2.75) is 9.79 Å². The van der Waals surface area contributed by atoms with Gasteiger partial charge in [0.1, 0.15) is 16.4 Å². The SMILES string of the molecule is COc1cc(S(=O)(=O)O)c(OC)cc1SOOO. The summed E-state index contributed by atoms with van der Waals surface area (Å²) in [5, 5.41) is 11.5. The van der Waals surface area contributed by atoms with E-state index in [1.54, 1.807) is 0 Å². The molecule has 0 radical (unpaired) electrons. The highest BCUT2D eigenvalue weighted by Crippen LogP contribution is 2.37. The van der Waals surface area contributed by atoms with Crippen LogP contribution in [0.3, 0.4) is 0 Å². The third-order valence-electron chi connectivity index (χ3n) is 1.88. The van der Waals surface area contributed by atoms with Crippen molar-refractivity contribution in [3.8, 4) is 11.5 Å². The van der Waals surface area contributed by atoms with Gasteiger partial charge in [-0.1, -0.05) is 5.04 Å². The van der Waals surface area contributed by atoms with Crippen molar-refractivity contribution in [1.29, 1.82) is 0 Å². The first kappa shape index (κ1) is 15.0. The summed E-state index contributed by atoms with van der Waals surface area (Å²) < 4.78 is 45.2. The molecule has 0 amide bonds. The van der Waals surface area contributed by atoms with Gasteiger partial charge >= 0.3 is 0 Å². The highest BCUT2D eigenvalue weighted by atomic mass is 32.2. The average Bonchev–Trinajstić information content (AvgIpc) is 2.33. The highest BCUT2D eigenvalue weighted by molar-refractivity contribution is 7.94. The summed E-state index contributed by atoms with van der Waals surface area (Å²) in [5.74, 6) is -0.0205. The molecule has 0 bridgehead atoms. The van der Waals surface area contributed by atoms with E-state index in [4.69, 9.17) is 19.3 Å². The lowest BCUT2D eigenvalue weighted by Crippen LogP contribution is -2.03.